The molecule has 0 aliphatic rings. The smallest absolute Gasteiger partial charge is 0.0724 e. The van der Waals surface area contributed by atoms with Crippen molar-refractivity contribution in [1.29, 1.82) is 0 Å². The third-order valence-electron chi connectivity index (χ3n) is 2.57. The van der Waals surface area contributed by atoms with Crippen molar-refractivity contribution >= 4 is 0 Å². The van der Waals surface area contributed by atoms with Crippen LogP contribution in [-0.4, -0.2) is 13.2 Å². The summed E-state index contributed by atoms with van der Waals surface area (Å²) in [6.07, 6.45) is 5.20. The average Bonchev–Trinajstić information content (AvgIpc) is 2.36. The molecule has 0 heterocycles. The van der Waals surface area contributed by atoms with Crippen molar-refractivity contribution in [3.8, 4) is 0 Å². The molecule has 0 spiro atoms. The minimum Gasteiger partial charge on any atom is -0.373 e. The van der Waals surface area contributed by atoms with Gasteiger partial charge in [0.1, 0.15) is 0 Å². The van der Waals surface area contributed by atoms with Gasteiger partial charge in [-0.1, -0.05) is 43.3 Å². The van der Waals surface area contributed by atoms with Crippen molar-refractivity contribution in [2.45, 2.75) is 33.4 Å². The fourth-order valence-corrected chi connectivity index (χ4v) is 1.60. The highest BCUT2D eigenvalue weighted by Gasteiger charge is 2.00. The first kappa shape index (κ1) is 13.9. The zero-order valence-electron chi connectivity index (χ0n) is 10.9. The Hall–Kier alpha value is -1.12. The minimum atomic E-state index is 0.688. The van der Waals surface area contributed by atoms with Crippen LogP contribution in [-0.2, 0) is 17.9 Å². The highest BCUT2D eigenvalue weighted by Crippen LogP contribution is 2.10. The van der Waals surface area contributed by atoms with Crippen molar-refractivity contribution in [2.75, 3.05) is 13.2 Å². The van der Waals surface area contributed by atoms with Crippen LogP contribution in [0.5, 0.6) is 0 Å². The van der Waals surface area contributed by atoms with E-state index in [9.17, 15) is 0 Å². The summed E-state index contributed by atoms with van der Waals surface area (Å²) < 4.78 is 5.59. The molecule has 0 aliphatic carbocycles. The average molecular weight is 233 g/mol. The SMILES string of the molecule is CC=CCOCc1ccccc1CNCCC. The maximum Gasteiger partial charge on any atom is 0.0724 e. The van der Waals surface area contributed by atoms with E-state index < -0.39 is 0 Å². The minimum absolute atomic E-state index is 0.688. The molecule has 0 saturated carbocycles. The maximum absolute atomic E-state index is 5.59. The van der Waals surface area contributed by atoms with Crippen molar-refractivity contribution in [2.24, 2.45) is 0 Å². The summed E-state index contributed by atoms with van der Waals surface area (Å²) >= 11 is 0. The van der Waals surface area contributed by atoms with Gasteiger partial charge in [0.05, 0.1) is 13.2 Å². The topological polar surface area (TPSA) is 21.3 Å². The molecular weight excluding hydrogens is 210 g/mol. The van der Waals surface area contributed by atoms with E-state index in [1.54, 1.807) is 0 Å². The lowest BCUT2D eigenvalue weighted by atomic mass is 10.1. The number of hydrogen-bond donors (Lipinski definition) is 1. The lowest BCUT2D eigenvalue weighted by Crippen LogP contribution is -2.15. The molecule has 0 unspecified atom stereocenters. The van der Waals surface area contributed by atoms with Crippen LogP contribution in [0.25, 0.3) is 0 Å². The van der Waals surface area contributed by atoms with E-state index in [0.717, 1.165) is 13.1 Å². The van der Waals surface area contributed by atoms with Crippen LogP contribution in [0.15, 0.2) is 36.4 Å². The Balaban J connectivity index is 2.45. The molecule has 0 radical (unpaired) electrons. The van der Waals surface area contributed by atoms with Crippen molar-refractivity contribution < 1.29 is 4.74 Å². The first-order valence-corrected chi connectivity index (χ1v) is 6.34. The molecule has 0 bridgehead atoms. The molecule has 1 rings (SSSR count). The lowest BCUT2D eigenvalue weighted by Gasteiger charge is -2.10. The predicted octanol–water partition coefficient (Wildman–Crippen LogP) is 3.28. The fraction of sp³-hybridized carbons (Fsp3) is 0.467. The summed E-state index contributed by atoms with van der Waals surface area (Å²) in [7, 11) is 0. The van der Waals surface area contributed by atoms with Gasteiger partial charge in [0.25, 0.3) is 0 Å². The standard InChI is InChI=1S/C15H23NO/c1-3-5-11-17-13-15-9-7-6-8-14(15)12-16-10-4-2/h3,5-9,16H,4,10-13H2,1-2H3. The van der Waals surface area contributed by atoms with E-state index in [2.05, 4.69) is 36.5 Å². The molecule has 1 aromatic rings. The molecular formula is C15H23NO. The fourth-order valence-electron chi connectivity index (χ4n) is 1.60. The quantitative estimate of drug-likeness (QED) is 0.549. The Kier molecular flexibility index (Phi) is 7.35. The second-order valence-electron chi connectivity index (χ2n) is 4.03. The molecule has 0 amide bonds. The van der Waals surface area contributed by atoms with Gasteiger partial charge < -0.3 is 10.1 Å². The Morgan fingerprint density at radius 2 is 2.00 bits per heavy atom. The zero-order chi connectivity index (χ0) is 12.3. The monoisotopic (exact) mass is 233 g/mol. The predicted molar refractivity (Wildman–Crippen MR) is 72.9 cm³/mol. The third-order valence-corrected chi connectivity index (χ3v) is 2.57. The Morgan fingerprint density at radius 1 is 1.24 bits per heavy atom. The summed E-state index contributed by atoms with van der Waals surface area (Å²) in [5.41, 5.74) is 2.61. The molecule has 0 fully saturated rings. The van der Waals surface area contributed by atoms with Crippen molar-refractivity contribution in [1.82, 2.24) is 5.32 Å². The van der Waals surface area contributed by atoms with Gasteiger partial charge in [-0.2, -0.15) is 0 Å². The van der Waals surface area contributed by atoms with Gasteiger partial charge in [-0.15, -0.1) is 0 Å². The van der Waals surface area contributed by atoms with E-state index in [1.165, 1.54) is 17.5 Å². The summed E-state index contributed by atoms with van der Waals surface area (Å²) in [6.45, 7) is 7.55. The van der Waals surface area contributed by atoms with Gasteiger partial charge in [-0.25, -0.2) is 0 Å². The van der Waals surface area contributed by atoms with Gasteiger partial charge in [0.2, 0.25) is 0 Å². The second kappa shape index (κ2) is 8.97. The van der Waals surface area contributed by atoms with Crippen LogP contribution in [0.4, 0.5) is 0 Å². The summed E-state index contributed by atoms with van der Waals surface area (Å²) in [5, 5.41) is 3.42. The molecule has 94 valence electrons. The van der Waals surface area contributed by atoms with E-state index in [-0.39, 0.29) is 0 Å². The van der Waals surface area contributed by atoms with Crippen LogP contribution >= 0.6 is 0 Å². The molecule has 2 heteroatoms. The number of nitrogens with one attached hydrogen (secondary N) is 1. The van der Waals surface area contributed by atoms with Crippen LogP contribution in [0, 0.1) is 0 Å². The Bertz CT molecular complexity index is 333. The van der Waals surface area contributed by atoms with Crippen LogP contribution < -0.4 is 5.32 Å². The highest BCUT2D eigenvalue weighted by atomic mass is 16.5. The third kappa shape index (κ3) is 5.66. The van der Waals surface area contributed by atoms with Gasteiger partial charge >= 0.3 is 0 Å². The van der Waals surface area contributed by atoms with Crippen LogP contribution in [0.2, 0.25) is 0 Å². The second-order valence-corrected chi connectivity index (χ2v) is 4.03. The molecule has 0 atom stereocenters. The molecule has 0 aliphatic heterocycles. The molecule has 1 aromatic carbocycles. The molecule has 2 nitrogen and oxygen atoms in total. The molecule has 0 aromatic heterocycles. The Morgan fingerprint density at radius 3 is 2.71 bits per heavy atom. The summed E-state index contributed by atoms with van der Waals surface area (Å²) in [5.74, 6) is 0. The van der Waals surface area contributed by atoms with E-state index >= 15 is 0 Å². The van der Waals surface area contributed by atoms with E-state index in [1.807, 2.05) is 19.1 Å². The molecule has 1 N–H and O–H groups in total. The van der Waals surface area contributed by atoms with Crippen molar-refractivity contribution in [3.05, 3.63) is 47.5 Å². The zero-order valence-corrected chi connectivity index (χ0v) is 10.9. The van der Waals surface area contributed by atoms with Gasteiger partial charge in [0, 0.05) is 6.54 Å². The van der Waals surface area contributed by atoms with Crippen LogP contribution in [0.1, 0.15) is 31.4 Å². The van der Waals surface area contributed by atoms with E-state index in [0.29, 0.717) is 13.2 Å². The highest BCUT2D eigenvalue weighted by molar-refractivity contribution is 5.26. The van der Waals surface area contributed by atoms with Gasteiger partial charge in [0.15, 0.2) is 0 Å². The maximum atomic E-state index is 5.59. The first-order chi connectivity index (χ1) is 8.38. The normalized spacial score (nSPS) is 11.2. The van der Waals surface area contributed by atoms with Crippen LogP contribution in [0.3, 0.4) is 0 Å². The summed E-state index contributed by atoms with van der Waals surface area (Å²) in [6, 6.07) is 8.45. The van der Waals surface area contributed by atoms with Gasteiger partial charge in [-0.3, -0.25) is 0 Å². The molecule has 0 saturated heterocycles. The number of benzene rings is 1. The number of ether oxygens (including phenoxy) is 1. The van der Waals surface area contributed by atoms with Crippen molar-refractivity contribution in [3.63, 3.8) is 0 Å². The molecule has 17 heavy (non-hydrogen) atoms. The Labute approximate surface area is 105 Å². The summed E-state index contributed by atoms with van der Waals surface area (Å²) in [4.78, 5) is 0. The number of hydrogen-bond acceptors (Lipinski definition) is 2. The first-order valence-electron chi connectivity index (χ1n) is 6.34. The lowest BCUT2D eigenvalue weighted by molar-refractivity contribution is 0.148. The van der Waals surface area contributed by atoms with Gasteiger partial charge in [-0.05, 0) is 31.0 Å². The number of allylic oxidation sites excluding steroid dienone is 1. The van der Waals surface area contributed by atoms with E-state index in [4.69, 9.17) is 4.74 Å². The largest absolute Gasteiger partial charge is 0.373 e. The number of rotatable bonds is 8.